The third-order valence-corrected chi connectivity index (χ3v) is 6.52. The number of thiophene rings is 1. The maximum atomic E-state index is 10.6. The minimum Gasteiger partial charge on any atom is -0.392 e. The number of hydrogen-bond donors (Lipinski definition) is 1. The first-order chi connectivity index (χ1) is 8.74. The molecule has 1 nitrogen and oxygen atoms in total. The van der Waals surface area contributed by atoms with Crippen LogP contribution in [0.15, 0.2) is 15.9 Å². The molecular formula is C15H21BrOS. The molecule has 0 amide bonds. The van der Waals surface area contributed by atoms with Gasteiger partial charge in [-0.25, -0.2) is 0 Å². The predicted octanol–water partition coefficient (Wildman–Crippen LogP) is 4.63. The van der Waals surface area contributed by atoms with Crippen LogP contribution in [0, 0.1) is 17.8 Å². The van der Waals surface area contributed by atoms with E-state index in [1.54, 1.807) is 11.3 Å². The van der Waals surface area contributed by atoms with E-state index in [2.05, 4.69) is 28.1 Å². The van der Waals surface area contributed by atoms with Crippen molar-refractivity contribution in [3.05, 3.63) is 20.8 Å². The van der Waals surface area contributed by atoms with Crippen molar-refractivity contribution in [1.82, 2.24) is 0 Å². The van der Waals surface area contributed by atoms with Crippen LogP contribution in [0.3, 0.4) is 0 Å². The lowest BCUT2D eigenvalue weighted by molar-refractivity contribution is -0.0166. The Kier molecular flexibility index (Phi) is 4.12. The van der Waals surface area contributed by atoms with E-state index in [0.717, 1.165) is 18.3 Å². The molecule has 1 heterocycles. The zero-order valence-corrected chi connectivity index (χ0v) is 13.0. The Hall–Kier alpha value is 0.140. The van der Waals surface area contributed by atoms with Gasteiger partial charge in [-0.3, -0.25) is 0 Å². The van der Waals surface area contributed by atoms with Gasteiger partial charge in [-0.15, -0.1) is 11.3 Å². The van der Waals surface area contributed by atoms with Gasteiger partial charge < -0.3 is 5.11 Å². The zero-order chi connectivity index (χ0) is 12.5. The van der Waals surface area contributed by atoms with Gasteiger partial charge in [-0.05, 0) is 45.8 Å². The van der Waals surface area contributed by atoms with Crippen LogP contribution >= 0.6 is 27.3 Å². The molecule has 3 heteroatoms. The Morgan fingerprint density at radius 3 is 2.17 bits per heavy atom. The third-order valence-electron chi connectivity index (χ3n) is 4.87. The van der Waals surface area contributed by atoms with Crippen molar-refractivity contribution in [2.75, 3.05) is 0 Å². The van der Waals surface area contributed by atoms with Crippen molar-refractivity contribution in [3.8, 4) is 0 Å². The van der Waals surface area contributed by atoms with Crippen molar-refractivity contribution in [1.29, 1.82) is 0 Å². The fourth-order valence-electron chi connectivity index (χ4n) is 3.47. The maximum Gasteiger partial charge on any atom is 0.0701 e. The second-order valence-corrected chi connectivity index (χ2v) is 8.48. The van der Waals surface area contributed by atoms with Crippen LogP contribution in [-0.4, -0.2) is 11.2 Å². The Morgan fingerprint density at radius 2 is 1.78 bits per heavy atom. The Bertz CT molecular complexity index is 381. The smallest absolute Gasteiger partial charge is 0.0701 e. The van der Waals surface area contributed by atoms with Gasteiger partial charge in [0, 0.05) is 11.3 Å². The SMILES string of the molecule is OC(Cc1ccc(Br)s1)C(C1CCC1)C1CCC1. The molecule has 0 radical (unpaired) electrons. The van der Waals surface area contributed by atoms with Gasteiger partial charge in [-0.1, -0.05) is 38.5 Å². The van der Waals surface area contributed by atoms with Gasteiger partial charge in [0.1, 0.15) is 0 Å². The Morgan fingerprint density at radius 1 is 1.17 bits per heavy atom. The highest BCUT2D eigenvalue weighted by molar-refractivity contribution is 9.11. The minimum atomic E-state index is -0.119. The molecule has 2 aliphatic rings. The second-order valence-electron chi connectivity index (χ2n) is 5.94. The van der Waals surface area contributed by atoms with Gasteiger partial charge in [0.15, 0.2) is 0 Å². The monoisotopic (exact) mass is 328 g/mol. The quantitative estimate of drug-likeness (QED) is 0.835. The van der Waals surface area contributed by atoms with Crippen LogP contribution in [0.25, 0.3) is 0 Å². The largest absolute Gasteiger partial charge is 0.392 e. The van der Waals surface area contributed by atoms with E-state index in [1.807, 2.05) is 0 Å². The number of aliphatic hydroxyl groups excluding tert-OH is 1. The molecule has 1 aromatic heterocycles. The summed E-state index contributed by atoms with van der Waals surface area (Å²) in [5, 5.41) is 10.6. The molecule has 0 saturated heterocycles. The molecule has 18 heavy (non-hydrogen) atoms. The van der Waals surface area contributed by atoms with Gasteiger partial charge in [-0.2, -0.15) is 0 Å². The highest BCUT2D eigenvalue weighted by Crippen LogP contribution is 2.46. The van der Waals surface area contributed by atoms with Gasteiger partial charge >= 0.3 is 0 Å². The highest BCUT2D eigenvalue weighted by atomic mass is 79.9. The highest BCUT2D eigenvalue weighted by Gasteiger charge is 2.40. The summed E-state index contributed by atoms with van der Waals surface area (Å²) < 4.78 is 1.17. The van der Waals surface area contributed by atoms with Crippen LogP contribution in [0.4, 0.5) is 0 Å². The first-order valence-electron chi connectivity index (χ1n) is 7.16. The van der Waals surface area contributed by atoms with Crippen LogP contribution in [0.1, 0.15) is 43.4 Å². The molecule has 3 rings (SSSR count). The molecule has 0 spiro atoms. The van der Waals surface area contributed by atoms with E-state index in [1.165, 1.54) is 47.2 Å². The lowest BCUT2D eigenvalue weighted by atomic mass is 9.62. The maximum absolute atomic E-state index is 10.6. The summed E-state index contributed by atoms with van der Waals surface area (Å²) in [7, 11) is 0. The van der Waals surface area contributed by atoms with E-state index in [0.29, 0.717) is 5.92 Å². The van der Waals surface area contributed by atoms with Crippen LogP contribution in [0.2, 0.25) is 0 Å². The number of halogens is 1. The first-order valence-corrected chi connectivity index (χ1v) is 8.77. The third kappa shape index (κ3) is 2.68. The number of rotatable bonds is 5. The molecule has 2 aliphatic carbocycles. The molecule has 0 bridgehead atoms. The lowest BCUT2D eigenvalue weighted by Crippen LogP contribution is -2.41. The molecule has 0 aliphatic heterocycles. The van der Waals surface area contributed by atoms with Crippen molar-refractivity contribution in [2.24, 2.45) is 17.8 Å². The zero-order valence-electron chi connectivity index (χ0n) is 10.6. The molecule has 0 aromatic carbocycles. The molecule has 1 aromatic rings. The fourth-order valence-corrected chi connectivity index (χ4v) is 5.00. The molecule has 1 unspecified atom stereocenters. The minimum absolute atomic E-state index is 0.119. The number of aliphatic hydroxyl groups is 1. The lowest BCUT2D eigenvalue weighted by Gasteiger charge is -2.45. The standard InChI is InChI=1S/C15H21BrOS/c16-14-8-7-12(18-14)9-13(17)15(10-3-1-4-10)11-5-2-6-11/h7-8,10-11,13,15,17H,1-6,9H2. The summed E-state index contributed by atoms with van der Waals surface area (Å²) >= 11 is 5.27. The summed E-state index contributed by atoms with van der Waals surface area (Å²) in [5.41, 5.74) is 0. The fraction of sp³-hybridized carbons (Fsp3) is 0.733. The first kappa shape index (κ1) is 13.1. The van der Waals surface area contributed by atoms with Crippen molar-refractivity contribution in [2.45, 2.75) is 51.0 Å². The molecule has 2 fully saturated rings. The normalized spacial score (nSPS) is 22.8. The van der Waals surface area contributed by atoms with Crippen molar-refractivity contribution in [3.63, 3.8) is 0 Å². The second kappa shape index (κ2) is 5.64. The molecule has 1 N–H and O–H groups in total. The summed E-state index contributed by atoms with van der Waals surface area (Å²) in [6.07, 6.45) is 8.91. The topological polar surface area (TPSA) is 20.2 Å². The summed E-state index contributed by atoms with van der Waals surface area (Å²) in [5.74, 6) is 2.20. The van der Waals surface area contributed by atoms with Gasteiger partial charge in [0.2, 0.25) is 0 Å². The average molecular weight is 329 g/mol. The van der Waals surface area contributed by atoms with Crippen molar-refractivity contribution < 1.29 is 5.11 Å². The van der Waals surface area contributed by atoms with Crippen LogP contribution in [-0.2, 0) is 6.42 Å². The van der Waals surface area contributed by atoms with E-state index in [-0.39, 0.29) is 6.10 Å². The van der Waals surface area contributed by atoms with Gasteiger partial charge in [0.05, 0.1) is 9.89 Å². The Balaban J connectivity index is 1.65. The number of hydrogen-bond acceptors (Lipinski definition) is 2. The molecular weight excluding hydrogens is 308 g/mol. The summed E-state index contributed by atoms with van der Waals surface area (Å²) in [6.45, 7) is 0. The van der Waals surface area contributed by atoms with Crippen LogP contribution in [0.5, 0.6) is 0 Å². The molecule has 2 saturated carbocycles. The van der Waals surface area contributed by atoms with Crippen molar-refractivity contribution >= 4 is 27.3 Å². The molecule has 1 atom stereocenters. The van der Waals surface area contributed by atoms with E-state index < -0.39 is 0 Å². The van der Waals surface area contributed by atoms with Crippen LogP contribution < -0.4 is 0 Å². The molecule has 100 valence electrons. The van der Waals surface area contributed by atoms with E-state index >= 15 is 0 Å². The van der Waals surface area contributed by atoms with Gasteiger partial charge in [0.25, 0.3) is 0 Å². The predicted molar refractivity (Wildman–Crippen MR) is 79.9 cm³/mol. The average Bonchev–Trinajstić information content (AvgIpc) is 2.57. The summed E-state index contributed by atoms with van der Waals surface area (Å²) in [6, 6.07) is 4.24. The van der Waals surface area contributed by atoms with E-state index in [9.17, 15) is 5.11 Å². The van der Waals surface area contributed by atoms with E-state index in [4.69, 9.17) is 0 Å². The summed E-state index contributed by atoms with van der Waals surface area (Å²) in [4.78, 5) is 1.32. The Labute approximate surface area is 122 Å².